The van der Waals surface area contributed by atoms with Crippen molar-refractivity contribution in [2.45, 2.75) is 13.8 Å². The molecule has 0 saturated heterocycles. The molecule has 3 N–H and O–H groups in total. The van der Waals surface area contributed by atoms with Gasteiger partial charge in [0.25, 0.3) is 0 Å². The first-order valence-corrected chi connectivity index (χ1v) is 6.89. The molecule has 0 radical (unpaired) electrons. The highest BCUT2D eigenvalue weighted by atomic mass is 35.5. The number of anilines is 4. The van der Waals surface area contributed by atoms with Crippen molar-refractivity contribution in [2.75, 3.05) is 29.0 Å². The monoisotopic (exact) mass is 310 g/mol. The molecule has 1 aromatic carbocycles. The van der Waals surface area contributed by atoms with Gasteiger partial charge in [0.05, 0.1) is 5.69 Å². The summed E-state index contributed by atoms with van der Waals surface area (Å²) in [5.74, 6) is 0.213. The Balaban J connectivity index is 2.31. The molecule has 112 valence electrons. The van der Waals surface area contributed by atoms with E-state index in [1.165, 1.54) is 12.1 Å². The number of benzene rings is 1. The SMILES string of the molecule is CCN(CC)c1nc(N)nc(Nc2ccc(Cl)cc2F)n1. The Kier molecular flexibility index (Phi) is 4.74. The van der Waals surface area contributed by atoms with E-state index in [9.17, 15) is 4.39 Å². The normalized spacial score (nSPS) is 10.5. The van der Waals surface area contributed by atoms with Gasteiger partial charge < -0.3 is 16.0 Å². The van der Waals surface area contributed by atoms with E-state index >= 15 is 0 Å². The molecule has 8 heteroatoms. The number of nitrogens with zero attached hydrogens (tertiary/aromatic N) is 4. The van der Waals surface area contributed by atoms with Crippen molar-refractivity contribution in [1.82, 2.24) is 15.0 Å². The minimum absolute atomic E-state index is 0.0729. The predicted octanol–water partition coefficient (Wildman–Crippen LogP) is 2.84. The molecule has 0 saturated carbocycles. The van der Waals surface area contributed by atoms with Gasteiger partial charge in [-0.15, -0.1) is 0 Å². The molecule has 0 aliphatic carbocycles. The fraction of sp³-hybridized carbons (Fsp3) is 0.308. The van der Waals surface area contributed by atoms with Gasteiger partial charge >= 0.3 is 0 Å². The highest BCUT2D eigenvalue weighted by molar-refractivity contribution is 6.30. The van der Waals surface area contributed by atoms with Crippen LogP contribution in [-0.2, 0) is 0 Å². The van der Waals surface area contributed by atoms with Gasteiger partial charge in [-0.05, 0) is 32.0 Å². The number of rotatable bonds is 5. The first-order valence-electron chi connectivity index (χ1n) is 6.52. The van der Waals surface area contributed by atoms with Gasteiger partial charge in [0.2, 0.25) is 17.8 Å². The lowest BCUT2D eigenvalue weighted by atomic mass is 10.3. The topological polar surface area (TPSA) is 80.0 Å². The summed E-state index contributed by atoms with van der Waals surface area (Å²) in [5.41, 5.74) is 5.90. The molecule has 1 aromatic heterocycles. The number of halogens is 2. The second-order valence-corrected chi connectivity index (χ2v) is 4.68. The van der Waals surface area contributed by atoms with E-state index in [4.69, 9.17) is 17.3 Å². The van der Waals surface area contributed by atoms with Gasteiger partial charge in [0.1, 0.15) is 5.82 Å². The Bertz CT molecular complexity index is 632. The number of hydrogen-bond donors (Lipinski definition) is 2. The van der Waals surface area contributed by atoms with Crippen LogP contribution in [0.25, 0.3) is 0 Å². The number of nitrogens with one attached hydrogen (secondary N) is 1. The fourth-order valence-corrected chi connectivity index (χ4v) is 1.95. The third-order valence-corrected chi connectivity index (χ3v) is 3.10. The standard InChI is InChI=1S/C13H16ClFN6/c1-3-21(4-2)13-19-11(16)18-12(20-13)17-10-6-5-8(14)7-9(10)15/h5-7H,3-4H2,1-2H3,(H3,16,17,18,19,20). The quantitative estimate of drug-likeness (QED) is 0.884. The van der Waals surface area contributed by atoms with Crippen molar-refractivity contribution in [2.24, 2.45) is 0 Å². The van der Waals surface area contributed by atoms with E-state index in [-0.39, 0.29) is 17.6 Å². The maximum absolute atomic E-state index is 13.8. The van der Waals surface area contributed by atoms with E-state index in [0.717, 1.165) is 13.1 Å². The zero-order chi connectivity index (χ0) is 15.4. The summed E-state index contributed by atoms with van der Waals surface area (Å²) in [6, 6.07) is 4.29. The highest BCUT2D eigenvalue weighted by Crippen LogP contribution is 2.22. The number of nitrogen functional groups attached to an aromatic ring is 1. The maximum atomic E-state index is 13.8. The fourth-order valence-electron chi connectivity index (χ4n) is 1.80. The molecule has 2 aromatic rings. The number of hydrogen-bond acceptors (Lipinski definition) is 6. The van der Waals surface area contributed by atoms with Gasteiger partial charge in [-0.2, -0.15) is 15.0 Å². The second kappa shape index (κ2) is 6.53. The van der Waals surface area contributed by atoms with Crippen LogP contribution in [0.15, 0.2) is 18.2 Å². The first-order chi connectivity index (χ1) is 10.0. The van der Waals surface area contributed by atoms with Crippen molar-refractivity contribution in [3.63, 3.8) is 0 Å². The van der Waals surface area contributed by atoms with Crippen LogP contribution in [0.1, 0.15) is 13.8 Å². The molecule has 6 nitrogen and oxygen atoms in total. The van der Waals surface area contributed by atoms with E-state index in [0.29, 0.717) is 11.0 Å². The Morgan fingerprint density at radius 2 is 1.95 bits per heavy atom. The van der Waals surface area contributed by atoms with Crippen LogP contribution in [0.5, 0.6) is 0 Å². The van der Waals surface area contributed by atoms with Crippen molar-refractivity contribution in [3.8, 4) is 0 Å². The number of nitrogens with two attached hydrogens (primary N) is 1. The van der Waals surface area contributed by atoms with Crippen molar-refractivity contribution in [3.05, 3.63) is 29.0 Å². The first kappa shape index (κ1) is 15.2. The molecule has 0 aliphatic heterocycles. The average Bonchev–Trinajstić information content (AvgIpc) is 2.43. The van der Waals surface area contributed by atoms with Gasteiger partial charge in [0, 0.05) is 18.1 Å². The van der Waals surface area contributed by atoms with Crippen molar-refractivity contribution < 1.29 is 4.39 Å². The van der Waals surface area contributed by atoms with Gasteiger partial charge in [-0.3, -0.25) is 0 Å². The summed E-state index contributed by atoms with van der Waals surface area (Å²) in [7, 11) is 0. The van der Waals surface area contributed by atoms with Crippen LogP contribution in [0, 0.1) is 5.82 Å². The van der Waals surface area contributed by atoms with Crippen molar-refractivity contribution in [1.29, 1.82) is 0 Å². The summed E-state index contributed by atoms with van der Waals surface area (Å²) in [6.07, 6.45) is 0. The minimum Gasteiger partial charge on any atom is -0.368 e. The lowest BCUT2D eigenvalue weighted by Crippen LogP contribution is -2.25. The molecule has 2 rings (SSSR count). The molecule has 21 heavy (non-hydrogen) atoms. The third kappa shape index (κ3) is 3.69. The Labute approximate surface area is 127 Å². The third-order valence-electron chi connectivity index (χ3n) is 2.86. The van der Waals surface area contributed by atoms with Gasteiger partial charge in [0.15, 0.2) is 0 Å². The molecule has 0 unspecified atom stereocenters. The Hall–Kier alpha value is -2.15. The van der Waals surface area contributed by atoms with E-state index < -0.39 is 5.82 Å². The average molecular weight is 311 g/mol. The molecule has 0 spiro atoms. The van der Waals surface area contributed by atoms with Crippen LogP contribution in [0.2, 0.25) is 5.02 Å². The lowest BCUT2D eigenvalue weighted by Gasteiger charge is -2.19. The predicted molar refractivity (Wildman–Crippen MR) is 82.5 cm³/mol. The molecule has 0 atom stereocenters. The zero-order valence-corrected chi connectivity index (χ0v) is 12.5. The summed E-state index contributed by atoms with van der Waals surface area (Å²) >= 11 is 5.71. The maximum Gasteiger partial charge on any atom is 0.233 e. The van der Waals surface area contributed by atoms with Crippen LogP contribution in [0.4, 0.5) is 27.9 Å². The summed E-state index contributed by atoms with van der Waals surface area (Å²) in [4.78, 5) is 14.2. The van der Waals surface area contributed by atoms with E-state index in [2.05, 4.69) is 20.3 Å². The van der Waals surface area contributed by atoms with Gasteiger partial charge in [-0.1, -0.05) is 11.6 Å². The van der Waals surface area contributed by atoms with Crippen LogP contribution >= 0.6 is 11.6 Å². The molecule has 1 heterocycles. The minimum atomic E-state index is -0.495. The zero-order valence-electron chi connectivity index (χ0n) is 11.8. The molecule has 0 bridgehead atoms. The number of aromatic nitrogens is 3. The van der Waals surface area contributed by atoms with Crippen LogP contribution in [-0.4, -0.2) is 28.0 Å². The molecule has 0 amide bonds. The Morgan fingerprint density at radius 1 is 1.24 bits per heavy atom. The van der Waals surface area contributed by atoms with Crippen molar-refractivity contribution >= 4 is 35.1 Å². The summed E-state index contributed by atoms with van der Waals surface area (Å²) in [6.45, 7) is 5.42. The molecular formula is C13H16ClFN6. The summed E-state index contributed by atoms with van der Waals surface area (Å²) < 4.78 is 13.8. The van der Waals surface area contributed by atoms with Crippen LogP contribution in [0.3, 0.4) is 0 Å². The molecule has 0 fully saturated rings. The smallest absolute Gasteiger partial charge is 0.233 e. The van der Waals surface area contributed by atoms with E-state index in [1.807, 2.05) is 18.7 Å². The summed E-state index contributed by atoms with van der Waals surface area (Å²) in [5, 5.41) is 3.10. The molecular weight excluding hydrogens is 295 g/mol. The lowest BCUT2D eigenvalue weighted by molar-refractivity contribution is 0.631. The van der Waals surface area contributed by atoms with Gasteiger partial charge in [-0.25, -0.2) is 4.39 Å². The highest BCUT2D eigenvalue weighted by Gasteiger charge is 2.11. The van der Waals surface area contributed by atoms with Crippen LogP contribution < -0.4 is 16.0 Å². The largest absolute Gasteiger partial charge is 0.368 e. The molecule has 0 aliphatic rings. The van der Waals surface area contributed by atoms with E-state index in [1.54, 1.807) is 6.07 Å². The second-order valence-electron chi connectivity index (χ2n) is 4.24. The Morgan fingerprint density at radius 3 is 2.57 bits per heavy atom.